The van der Waals surface area contributed by atoms with Gasteiger partial charge in [-0.05, 0) is 67.7 Å². The molecule has 1 unspecified atom stereocenters. The minimum absolute atomic E-state index is 0.185. The zero-order chi connectivity index (χ0) is 16.5. The second-order valence-corrected chi connectivity index (χ2v) is 10.6. The molecule has 0 radical (unpaired) electrons. The number of nitrogens with one attached hydrogen (secondary N) is 1. The van der Waals surface area contributed by atoms with Crippen molar-refractivity contribution < 1.29 is 16.8 Å². The van der Waals surface area contributed by atoms with Crippen LogP contribution in [0, 0.1) is 5.92 Å². The molecule has 1 aliphatic carbocycles. The summed E-state index contributed by atoms with van der Waals surface area (Å²) in [5.41, 5.74) is 2.40. The molecule has 1 aromatic rings. The first-order valence-corrected chi connectivity index (χ1v) is 11.5. The van der Waals surface area contributed by atoms with E-state index < -0.39 is 19.9 Å². The summed E-state index contributed by atoms with van der Waals surface area (Å²) in [7, 11) is -6.32. The van der Waals surface area contributed by atoms with E-state index in [-0.39, 0.29) is 17.4 Å². The van der Waals surface area contributed by atoms with Crippen molar-refractivity contribution >= 4 is 19.9 Å². The Labute approximate surface area is 138 Å². The van der Waals surface area contributed by atoms with Gasteiger partial charge >= 0.3 is 0 Å². The van der Waals surface area contributed by atoms with Gasteiger partial charge in [0.05, 0.1) is 16.4 Å². The molecule has 1 heterocycles. The van der Waals surface area contributed by atoms with Crippen LogP contribution in [0.25, 0.3) is 0 Å². The Bertz CT molecular complexity index is 784. The fourth-order valence-corrected chi connectivity index (χ4v) is 6.53. The molecule has 2 aliphatic rings. The summed E-state index contributed by atoms with van der Waals surface area (Å²) in [6, 6.07) is 5.38. The highest BCUT2D eigenvalue weighted by molar-refractivity contribution is 7.91. The molecule has 0 spiro atoms. The first kappa shape index (κ1) is 16.9. The zero-order valence-corrected chi connectivity index (χ0v) is 14.8. The van der Waals surface area contributed by atoms with Gasteiger partial charge in [0, 0.05) is 6.54 Å². The molecule has 1 N–H and O–H groups in total. The SMILES string of the molecule is O=S1(=O)CCC(CCCNS(=O)(=O)c2ccc3c(c2)CCC3)C1. The standard InChI is InChI=1S/C16H23NO4S2/c18-22(19)10-8-13(12-22)3-2-9-17-23(20,21)16-7-6-14-4-1-5-15(14)11-16/h6-7,11,13,17H,1-5,8-10,12H2. The number of aryl methyl sites for hydroxylation is 2. The van der Waals surface area contributed by atoms with Crippen LogP contribution in [-0.2, 0) is 32.7 Å². The molecule has 0 bridgehead atoms. The normalized spacial score (nSPS) is 23.0. The van der Waals surface area contributed by atoms with Crippen molar-refractivity contribution in [3.8, 4) is 0 Å². The first-order valence-electron chi connectivity index (χ1n) is 8.18. The molecule has 0 aromatic heterocycles. The van der Waals surface area contributed by atoms with Crippen molar-refractivity contribution in [1.82, 2.24) is 4.72 Å². The number of hydrogen-bond acceptors (Lipinski definition) is 4. The second-order valence-electron chi connectivity index (χ2n) is 6.59. The van der Waals surface area contributed by atoms with Gasteiger partial charge in [0.25, 0.3) is 0 Å². The van der Waals surface area contributed by atoms with Crippen LogP contribution < -0.4 is 4.72 Å². The highest BCUT2D eigenvalue weighted by Gasteiger charge is 2.27. The van der Waals surface area contributed by atoms with Crippen molar-refractivity contribution in [2.45, 2.75) is 43.4 Å². The fourth-order valence-electron chi connectivity index (χ4n) is 3.50. The molecule has 1 fully saturated rings. The van der Waals surface area contributed by atoms with Crippen LogP contribution in [0.3, 0.4) is 0 Å². The van der Waals surface area contributed by atoms with E-state index in [2.05, 4.69) is 4.72 Å². The van der Waals surface area contributed by atoms with Gasteiger partial charge in [-0.15, -0.1) is 0 Å². The quantitative estimate of drug-likeness (QED) is 0.785. The topological polar surface area (TPSA) is 80.3 Å². The second kappa shape index (κ2) is 6.53. The minimum atomic E-state index is -3.47. The van der Waals surface area contributed by atoms with E-state index in [0.29, 0.717) is 24.3 Å². The Balaban J connectivity index is 1.51. The third kappa shape index (κ3) is 4.14. The lowest BCUT2D eigenvalue weighted by Crippen LogP contribution is -2.25. The summed E-state index contributed by atoms with van der Waals surface area (Å²) < 4.78 is 50.1. The van der Waals surface area contributed by atoms with Crippen LogP contribution in [0.1, 0.15) is 36.8 Å². The van der Waals surface area contributed by atoms with Gasteiger partial charge in [-0.1, -0.05) is 6.07 Å². The third-order valence-corrected chi connectivity index (χ3v) is 8.08. The van der Waals surface area contributed by atoms with Crippen molar-refractivity contribution in [1.29, 1.82) is 0 Å². The van der Waals surface area contributed by atoms with Gasteiger partial charge in [-0.25, -0.2) is 21.6 Å². The van der Waals surface area contributed by atoms with Crippen LogP contribution in [0.4, 0.5) is 0 Å². The molecular formula is C16H23NO4S2. The number of sulfone groups is 1. The maximum atomic E-state index is 12.3. The van der Waals surface area contributed by atoms with E-state index in [1.165, 1.54) is 5.56 Å². The molecule has 23 heavy (non-hydrogen) atoms. The lowest BCUT2D eigenvalue weighted by atomic mass is 10.0. The minimum Gasteiger partial charge on any atom is -0.229 e. The Morgan fingerprint density at radius 3 is 2.70 bits per heavy atom. The Kier molecular flexibility index (Phi) is 4.80. The van der Waals surface area contributed by atoms with Gasteiger partial charge in [0.1, 0.15) is 0 Å². The largest absolute Gasteiger partial charge is 0.240 e. The molecule has 1 saturated heterocycles. The van der Waals surface area contributed by atoms with E-state index in [0.717, 1.165) is 31.2 Å². The maximum absolute atomic E-state index is 12.3. The number of hydrogen-bond donors (Lipinski definition) is 1. The smallest absolute Gasteiger partial charge is 0.229 e. The monoisotopic (exact) mass is 357 g/mol. The van der Waals surface area contributed by atoms with Crippen molar-refractivity contribution in [3.63, 3.8) is 0 Å². The number of fused-ring (bicyclic) bond motifs is 1. The maximum Gasteiger partial charge on any atom is 0.240 e. The zero-order valence-electron chi connectivity index (χ0n) is 13.1. The molecule has 7 heteroatoms. The average molecular weight is 357 g/mol. The van der Waals surface area contributed by atoms with Crippen LogP contribution in [0.2, 0.25) is 0 Å². The number of benzene rings is 1. The predicted molar refractivity (Wildman–Crippen MR) is 89.7 cm³/mol. The third-order valence-electron chi connectivity index (χ3n) is 4.79. The Morgan fingerprint density at radius 1 is 1.17 bits per heavy atom. The molecular weight excluding hydrogens is 334 g/mol. The molecule has 1 aliphatic heterocycles. The summed E-state index contributed by atoms with van der Waals surface area (Å²) in [6.45, 7) is 0.357. The van der Waals surface area contributed by atoms with Crippen molar-refractivity contribution in [3.05, 3.63) is 29.3 Å². The molecule has 3 rings (SSSR count). The predicted octanol–water partition coefficient (Wildman–Crippen LogP) is 1.67. The van der Waals surface area contributed by atoms with Crippen LogP contribution >= 0.6 is 0 Å². The highest BCUT2D eigenvalue weighted by atomic mass is 32.2. The van der Waals surface area contributed by atoms with Crippen molar-refractivity contribution in [2.75, 3.05) is 18.1 Å². The lowest BCUT2D eigenvalue weighted by Gasteiger charge is -2.10. The van der Waals surface area contributed by atoms with E-state index in [9.17, 15) is 16.8 Å². The molecule has 128 valence electrons. The van der Waals surface area contributed by atoms with Crippen molar-refractivity contribution in [2.24, 2.45) is 5.92 Å². The average Bonchev–Trinajstić information content (AvgIpc) is 3.08. The van der Waals surface area contributed by atoms with Gasteiger partial charge in [-0.3, -0.25) is 0 Å². The summed E-state index contributed by atoms with van der Waals surface area (Å²) in [4.78, 5) is 0.335. The lowest BCUT2D eigenvalue weighted by molar-refractivity contribution is 0.512. The highest BCUT2D eigenvalue weighted by Crippen LogP contribution is 2.25. The molecule has 5 nitrogen and oxygen atoms in total. The Hall–Kier alpha value is -0.920. The summed E-state index contributed by atoms with van der Waals surface area (Å²) in [6.07, 6.45) is 5.22. The van der Waals surface area contributed by atoms with Crippen LogP contribution in [0.5, 0.6) is 0 Å². The Morgan fingerprint density at radius 2 is 1.96 bits per heavy atom. The van der Waals surface area contributed by atoms with Gasteiger partial charge < -0.3 is 0 Å². The summed E-state index contributed by atoms with van der Waals surface area (Å²) >= 11 is 0. The number of rotatable bonds is 6. The molecule has 1 atom stereocenters. The molecule has 0 amide bonds. The van der Waals surface area contributed by atoms with Gasteiger partial charge in [0.15, 0.2) is 9.84 Å². The molecule has 0 saturated carbocycles. The summed E-state index contributed by atoms with van der Waals surface area (Å²) in [5, 5.41) is 0. The fraction of sp³-hybridized carbons (Fsp3) is 0.625. The summed E-state index contributed by atoms with van der Waals surface area (Å²) in [5.74, 6) is 0.716. The van der Waals surface area contributed by atoms with E-state index in [4.69, 9.17) is 0 Å². The first-order chi connectivity index (χ1) is 10.9. The van der Waals surface area contributed by atoms with Gasteiger partial charge in [0.2, 0.25) is 10.0 Å². The number of sulfonamides is 1. The van der Waals surface area contributed by atoms with Gasteiger partial charge in [-0.2, -0.15) is 0 Å². The van der Waals surface area contributed by atoms with Crippen LogP contribution in [-0.4, -0.2) is 34.9 Å². The van der Waals surface area contributed by atoms with E-state index >= 15 is 0 Å². The van der Waals surface area contributed by atoms with Crippen LogP contribution in [0.15, 0.2) is 23.1 Å². The van der Waals surface area contributed by atoms with E-state index in [1.807, 2.05) is 6.07 Å². The molecule has 1 aromatic carbocycles. The van der Waals surface area contributed by atoms with E-state index in [1.54, 1.807) is 12.1 Å².